The van der Waals surface area contributed by atoms with Crippen molar-refractivity contribution >= 4 is 11.9 Å². The third-order valence-electron chi connectivity index (χ3n) is 4.73. The van der Waals surface area contributed by atoms with Gasteiger partial charge in [-0.3, -0.25) is 19.9 Å². The molecule has 2 N–H and O–H groups in total. The molecule has 27 heavy (non-hydrogen) atoms. The Morgan fingerprint density at radius 2 is 1.70 bits per heavy atom. The van der Waals surface area contributed by atoms with Crippen molar-refractivity contribution in [2.24, 2.45) is 0 Å². The third-order valence-corrected chi connectivity index (χ3v) is 4.73. The number of nitrogens with zero attached hydrogens (tertiary/aromatic N) is 2. The van der Waals surface area contributed by atoms with Gasteiger partial charge in [0.15, 0.2) is 0 Å². The number of methoxy groups -OCH3 is 1. The lowest BCUT2D eigenvalue weighted by Gasteiger charge is -2.34. The fourth-order valence-corrected chi connectivity index (χ4v) is 3.05. The van der Waals surface area contributed by atoms with Gasteiger partial charge in [-0.25, -0.2) is 4.79 Å². The van der Waals surface area contributed by atoms with Gasteiger partial charge in [-0.1, -0.05) is 38.1 Å². The fraction of sp³-hybridized carbons (Fsp3) is 0.600. The van der Waals surface area contributed by atoms with E-state index in [1.807, 2.05) is 0 Å². The molecule has 0 atom stereocenters. The Kier molecular flexibility index (Phi) is 8.71. The van der Waals surface area contributed by atoms with Crippen molar-refractivity contribution < 1.29 is 14.3 Å². The van der Waals surface area contributed by atoms with Crippen LogP contribution in [0.25, 0.3) is 0 Å². The van der Waals surface area contributed by atoms with Crippen LogP contribution in [0.2, 0.25) is 0 Å². The number of rotatable bonds is 8. The summed E-state index contributed by atoms with van der Waals surface area (Å²) in [5.41, 5.74) is 2.68. The number of hydrogen-bond donors (Lipinski definition) is 2. The van der Waals surface area contributed by atoms with E-state index in [-0.39, 0.29) is 12.5 Å². The Hall–Kier alpha value is -1.96. The van der Waals surface area contributed by atoms with Gasteiger partial charge in [0.2, 0.25) is 5.91 Å². The van der Waals surface area contributed by atoms with E-state index in [1.165, 1.54) is 11.1 Å². The van der Waals surface area contributed by atoms with Gasteiger partial charge in [-0.2, -0.15) is 0 Å². The minimum Gasteiger partial charge on any atom is -0.383 e. The van der Waals surface area contributed by atoms with Crippen molar-refractivity contribution in [3.63, 3.8) is 0 Å². The molecular formula is C20H32N4O3. The summed E-state index contributed by atoms with van der Waals surface area (Å²) in [5, 5.41) is 4.93. The lowest BCUT2D eigenvalue weighted by Crippen LogP contribution is -2.50. The van der Waals surface area contributed by atoms with Gasteiger partial charge in [-0.15, -0.1) is 0 Å². The molecule has 1 saturated heterocycles. The zero-order chi connectivity index (χ0) is 19.6. The number of benzene rings is 1. The zero-order valence-electron chi connectivity index (χ0n) is 16.7. The molecule has 0 spiro atoms. The Morgan fingerprint density at radius 1 is 1.07 bits per heavy atom. The molecule has 7 heteroatoms. The fourth-order valence-electron chi connectivity index (χ4n) is 3.05. The van der Waals surface area contributed by atoms with Crippen LogP contribution in [0.3, 0.4) is 0 Å². The van der Waals surface area contributed by atoms with Crippen LogP contribution >= 0.6 is 0 Å². The molecular weight excluding hydrogens is 344 g/mol. The van der Waals surface area contributed by atoms with E-state index in [1.54, 1.807) is 7.11 Å². The van der Waals surface area contributed by atoms with Crippen molar-refractivity contribution in [3.8, 4) is 0 Å². The monoisotopic (exact) mass is 376 g/mol. The molecule has 1 aromatic carbocycles. The highest BCUT2D eigenvalue weighted by Crippen LogP contribution is 2.16. The number of piperazine rings is 1. The number of imide groups is 1. The van der Waals surface area contributed by atoms with Crippen LogP contribution in [0.15, 0.2) is 24.3 Å². The first-order valence-corrected chi connectivity index (χ1v) is 9.58. The van der Waals surface area contributed by atoms with E-state index in [0.29, 0.717) is 19.1 Å². The summed E-state index contributed by atoms with van der Waals surface area (Å²) in [7, 11) is 1.56. The standard InChI is InChI=1S/C20H32N4O3/c1-16(2)18-6-4-17(5-7-18)14-23-9-11-24(12-10-23)15-19(25)22-20(26)21-8-13-27-3/h4-7,16H,8-15H2,1-3H3,(H2,21,22,25,26). The van der Waals surface area contributed by atoms with Crippen LogP contribution in [0.4, 0.5) is 4.79 Å². The van der Waals surface area contributed by atoms with Gasteiger partial charge in [0.1, 0.15) is 0 Å². The van der Waals surface area contributed by atoms with Crippen LogP contribution < -0.4 is 10.6 Å². The van der Waals surface area contributed by atoms with Crippen molar-refractivity contribution in [2.75, 3.05) is 53.0 Å². The van der Waals surface area contributed by atoms with Crippen LogP contribution in [0, 0.1) is 0 Å². The maximum Gasteiger partial charge on any atom is 0.321 e. The number of carbonyl (C=O) groups excluding carboxylic acids is 2. The molecule has 1 fully saturated rings. The lowest BCUT2D eigenvalue weighted by atomic mass is 10.0. The normalized spacial score (nSPS) is 15.7. The molecule has 0 aliphatic carbocycles. The minimum atomic E-state index is -0.472. The quantitative estimate of drug-likeness (QED) is 0.671. The molecule has 1 heterocycles. The largest absolute Gasteiger partial charge is 0.383 e. The topological polar surface area (TPSA) is 73.9 Å². The van der Waals surface area contributed by atoms with Gasteiger partial charge in [0, 0.05) is 46.4 Å². The first kappa shape index (κ1) is 21.3. The van der Waals surface area contributed by atoms with E-state index < -0.39 is 6.03 Å². The molecule has 1 aromatic rings. The van der Waals surface area contributed by atoms with E-state index >= 15 is 0 Å². The number of ether oxygens (including phenoxy) is 1. The van der Waals surface area contributed by atoms with Crippen molar-refractivity contribution in [1.82, 2.24) is 20.4 Å². The summed E-state index contributed by atoms with van der Waals surface area (Å²) in [6.45, 7) is 9.86. The highest BCUT2D eigenvalue weighted by molar-refractivity contribution is 5.95. The maximum absolute atomic E-state index is 12.0. The van der Waals surface area contributed by atoms with Crippen LogP contribution in [0.1, 0.15) is 30.9 Å². The molecule has 0 aromatic heterocycles. The predicted molar refractivity (Wildman–Crippen MR) is 106 cm³/mol. The highest BCUT2D eigenvalue weighted by Gasteiger charge is 2.19. The second-order valence-corrected chi connectivity index (χ2v) is 7.25. The second kappa shape index (κ2) is 11.0. The smallest absolute Gasteiger partial charge is 0.321 e. The first-order valence-electron chi connectivity index (χ1n) is 9.58. The van der Waals surface area contributed by atoms with Crippen molar-refractivity contribution in [2.45, 2.75) is 26.3 Å². The van der Waals surface area contributed by atoms with Gasteiger partial charge >= 0.3 is 6.03 Å². The Balaban J connectivity index is 1.67. The number of carbonyl (C=O) groups is 2. The Morgan fingerprint density at radius 3 is 2.30 bits per heavy atom. The number of nitrogens with one attached hydrogen (secondary N) is 2. The van der Waals surface area contributed by atoms with Crippen LogP contribution in [-0.2, 0) is 16.1 Å². The van der Waals surface area contributed by atoms with Gasteiger partial charge in [0.25, 0.3) is 0 Å². The molecule has 0 unspecified atom stereocenters. The van der Waals surface area contributed by atoms with Crippen LogP contribution in [-0.4, -0.2) is 74.7 Å². The number of hydrogen-bond acceptors (Lipinski definition) is 5. The van der Waals surface area contributed by atoms with E-state index in [2.05, 4.69) is 58.5 Å². The van der Waals surface area contributed by atoms with E-state index in [4.69, 9.17) is 4.74 Å². The summed E-state index contributed by atoms with van der Waals surface area (Å²) in [5.74, 6) is 0.276. The molecule has 1 aliphatic rings. The first-order chi connectivity index (χ1) is 13.0. The molecule has 0 bridgehead atoms. The molecule has 0 radical (unpaired) electrons. The molecule has 150 valence electrons. The van der Waals surface area contributed by atoms with Crippen molar-refractivity contribution in [3.05, 3.63) is 35.4 Å². The summed E-state index contributed by atoms with van der Waals surface area (Å²) in [6, 6.07) is 8.35. The average Bonchev–Trinajstić information content (AvgIpc) is 2.64. The van der Waals surface area contributed by atoms with E-state index in [9.17, 15) is 9.59 Å². The average molecular weight is 377 g/mol. The minimum absolute atomic E-state index is 0.245. The van der Waals surface area contributed by atoms with Gasteiger partial charge in [0.05, 0.1) is 13.2 Å². The molecule has 3 amide bonds. The number of amides is 3. The van der Waals surface area contributed by atoms with Gasteiger partial charge < -0.3 is 10.1 Å². The SMILES string of the molecule is COCCNC(=O)NC(=O)CN1CCN(Cc2ccc(C(C)C)cc2)CC1. The molecule has 7 nitrogen and oxygen atoms in total. The molecule has 2 rings (SSSR count). The number of urea groups is 1. The summed E-state index contributed by atoms with van der Waals surface area (Å²) in [4.78, 5) is 28.0. The summed E-state index contributed by atoms with van der Waals surface area (Å²) < 4.78 is 4.85. The Labute approximate surface area is 162 Å². The summed E-state index contributed by atoms with van der Waals surface area (Å²) in [6.07, 6.45) is 0. The predicted octanol–water partition coefficient (Wildman–Crippen LogP) is 1.40. The Bertz CT molecular complexity index is 596. The van der Waals surface area contributed by atoms with Gasteiger partial charge in [-0.05, 0) is 17.0 Å². The molecule has 1 aliphatic heterocycles. The zero-order valence-corrected chi connectivity index (χ0v) is 16.7. The summed E-state index contributed by atoms with van der Waals surface area (Å²) >= 11 is 0. The molecule has 0 saturated carbocycles. The van der Waals surface area contributed by atoms with E-state index in [0.717, 1.165) is 32.7 Å². The van der Waals surface area contributed by atoms with Crippen LogP contribution in [0.5, 0.6) is 0 Å². The maximum atomic E-state index is 12.0. The second-order valence-electron chi connectivity index (χ2n) is 7.25. The highest BCUT2D eigenvalue weighted by atomic mass is 16.5. The third kappa shape index (κ3) is 7.66. The lowest BCUT2D eigenvalue weighted by molar-refractivity contribution is -0.121. The van der Waals surface area contributed by atoms with Crippen molar-refractivity contribution in [1.29, 1.82) is 0 Å².